The minimum atomic E-state index is -0.611. The topological polar surface area (TPSA) is 97.8 Å². The summed E-state index contributed by atoms with van der Waals surface area (Å²) in [6.45, 7) is 0.995. The van der Waals surface area contributed by atoms with Gasteiger partial charge in [0, 0.05) is 17.4 Å². The molecule has 4 rings (SSSR count). The Balaban J connectivity index is 1.53. The van der Waals surface area contributed by atoms with Gasteiger partial charge in [-0.1, -0.05) is 12.1 Å². The van der Waals surface area contributed by atoms with Gasteiger partial charge in [-0.3, -0.25) is 5.26 Å². The number of hydrogen-bond acceptors (Lipinski definition) is 8. The van der Waals surface area contributed by atoms with Crippen LogP contribution in [0.4, 0.5) is 27.5 Å². The number of benzene rings is 2. The summed E-state index contributed by atoms with van der Waals surface area (Å²) in [6.07, 6.45) is 1.07. The first kappa shape index (κ1) is 18.0. The van der Waals surface area contributed by atoms with E-state index in [0.29, 0.717) is 41.6 Å². The molecule has 0 spiro atoms. The average Bonchev–Trinajstić information content (AvgIpc) is 2.71. The second-order valence-corrected chi connectivity index (χ2v) is 5.85. The van der Waals surface area contributed by atoms with Gasteiger partial charge in [0.15, 0.2) is 23.1 Å². The Morgan fingerprint density at radius 3 is 2.71 bits per heavy atom. The summed E-state index contributed by atoms with van der Waals surface area (Å²) in [5, 5.41) is 14.4. The highest BCUT2D eigenvalue weighted by atomic mass is 19.1. The van der Waals surface area contributed by atoms with Crippen LogP contribution in [0.1, 0.15) is 0 Å². The van der Waals surface area contributed by atoms with Crippen molar-refractivity contribution in [3.8, 4) is 11.5 Å². The maximum atomic E-state index is 14.1. The molecule has 1 aliphatic heterocycles. The molecule has 0 bridgehead atoms. The Hall–Kier alpha value is -3.37. The maximum Gasteiger partial charge on any atom is 0.381 e. The zero-order valence-corrected chi connectivity index (χ0v) is 14.6. The van der Waals surface area contributed by atoms with E-state index in [0.717, 1.165) is 13.7 Å². The number of anilines is 4. The van der Waals surface area contributed by atoms with Gasteiger partial charge in [-0.25, -0.2) is 9.37 Å². The van der Waals surface area contributed by atoms with Gasteiger partial charge in [-0.05, 0) is 29.7 Å². The van der Waals surface area contributed by atoms with E-state index in [9.17, 15) is 4.39 Å². The summed E-state index contributed by atoms with van der Waals surface area (Å²) in [5.41, 5.74) is 1.84. The summed E-state index contributed by atoms with van der Waals surface area (Å²) in [5.74, 6) is 0.887. The molecule has 3 N–H and O–H groups in total. The van der Waals surface area contributed by atoms with Gasteiger partial charge in [0.25, 0.3) is 0 Å². The normalized spacial score (nSPS) is 12.4. The average molecular weight is 381 g/mol. The molecular weight excluding hydrogens is 366 g/mol. The van der Waals surface area contributed by atoms with Crippen molar-refractivity contribution in [2.45, 2.75) is 0 Å². The van der Waals surface area contributed by atoms with Gasteiger partial charge >= 0.3 is 7.48 Å². The first-order valence-corrected chi connectivity index (χ1v) is 8.41. The van der Waals surface area contributed by atoms with Gasteiger partial charge in [0.2, 0.25) is 5.95 Å². The number of nitrogens with zero attached hydrogens (tertiary/aromatic N) is 2. The summed E-state index contributed by atoms with van der Waals surface area (Å²) in [7, 11) is 1.15. The van der Waals surface area contributed by atoms with Crippen molar-refractivity contribution in [3.05, 3.63) is 54.5 Å². The largest absolute Gasteiger partial charge is 0.486 e. The van der Waals surface area contributed by atoms with Crippen LogP contribution in [0, 0.1) is 5.82 Å². The Bertz CT molecular complexity index is 992. The number of nitrogens with one attached hydrogen (secondary N) is 2. The van der Waals surface area contributed by atoms with Crippen molar-refractivity contribution in [3.63, 3.8) is 0 Å². The summed E-state index contributed by atoms with van der Waals surface area (Å²) in [6, 6.07) is 12.2. The summed E-state index contributed by atoms with van der Waals surface area (Å²) < 4.78 is 25.2. The standard InChI is InChI=1S/C18H15BFN4O4/c20-14-10-21-18(23-13-4-5-15-16(9-13)27-7-6-26-15)24-17(14)22-12-3-1-2-11(8-12)19-28-25/h1-5,8-10,25H,6-7H2,(H2,21,22,23,24). The van der Waals surface area contributed by atoms with Gasteiger partial charge < -0.3 is 24.9 Å². The molecule has 1 aliphatic rings. The number of hydrogen-bond donors (Lipinski definition) is 3. The third-order valence-corrected chi connectivity index (χ3v) is 3.88. The molecule has 10 heteroatoms. The first-order chi connectivity index (χ1) is 13.7. The SMILES string of the molecule is OO[B]c1cccc(Nc2nc(Nc3ccc4c(c3)OCCO4)ncc2F)c1. The Labute approximate surface area is 160 Å². The quantitative estimate of drug-likeness (QED) is 0.341. The molecule has 2 aromatic carbocycles. The number of fused-ring (bicyclic) bond motifs is 1. The smallest absolute Gasteiger partial charge is 0.381 e. The molecule has 0 aliphatic carbocycles. The molecule has 3 aromatic rings. The Kier molecular flexibility index (Phi) is 5.22. The van der Waals surface area contributed by atoms with Crippen LogP contribution in [0.2, 0.25) is 0 Å². The maximum absolute atomic E-state index is 14.1. The zero-order chi connectivity index (χ0) is 19.3. The second kappa shape index (κ2) is 8.11. The van der Waals surface area contributed by atoms with Gasteiger partial charge in [-0.2, -0.15) is 4.98 Å². The predicted octanol–water partition coefficient (Wildman–Crippen LogP) is 2.61. The van der Waals surface area contributed by atoms with E-state index in [1.807, 2.05) is 0 Å². The van der Waals surface area contributed by atoms with Crippen molar-refractivity contribution < 1.29 is 23.9 Å². The van der Waals surface area contributed by atoms with Crippen LogP contribution < -0.4 is 25.6 Å². The van der Waals surface area contributed by atoms with Crippen LogP contribution in [0.25, 0.3) is 0 Å². The van der Waals surface area contributed by atoms with E-state index in [1.165, 1.54) is 0 Å². The highest BCUT2D eigenvalue weighted by molar-refractivity contribution is 6.46. The third-order valence-electron chi connectivity index (χ3n) is 3.88. The van der Waals surface area contributed by atoms with Crippen molar-refractivity contribution in [1.82, 2.24) is 9.97 Å². The van der Waals surface area contributed by atoms with E-state index < -0.39 is 5.82 Å². The van der Waals surface area contributed by atoms with Crippen molar-refractivity contribution in [1.29, 1.82) is 0 Å². The zero-order valence-electron chi connectivity index (χ0n) is 14.6. The van der Waals surface area contributed by atoms with E-state index in [-0.39, 0.29) is 11.8 Å². The molecule has 141 valence electrons. The number of aromatic nitrogens is 2. The second-order valence-electron chi connectivity index (χ2n) is 5.85. The molecule has 28 heavy (non-hydrogen) atoms. The molecule has 8 nitrogen and oxygen atoms in total. The van der Waals surface area contributed by atoms with Crippen LogP contribution in [-0.4, -0.2) is 35.9 Å². The molecule has 0 atom stereocenters. The van der Waals surface area contributed by atoms with Crippen LogP contribution in [0.5, 0.6) is 11.5 Å². The van der Waals surface area contributed by atoms with Gasteiger partial charge in [0.1, 0.15) is 13.2 Å². The molecule has 0 saturated carbocycles. The van der Waals surface area contributed by atoms with Crippen LogP contribution in [-0.2, 0) is 4.81 Å². The molecule has 0 unspecified atom stereocenters. The lowest BCUT2D eigenvalue weighted by molar-refractivity contribution is -0.135. The van der Waals surface area contributed by atoms with E-state index in [2.05, 4.69) is 25.4 Å². The van der Waals surface area contributed by atoms with Crippen LogP contribution >= 0.6 is 0 Å². The van der Waals surface area contributed by atoms with Gasteiger partial charge in [0.05, 0.1) is 6.20 Å². The van der Waals surface area contributed by atoms with Crippen molar-refractivity contribution >= 4 is 36.1 Å². The third kappa shape index (κ3) is 4.13. The first-order valence-electron chi connectivity index (χ1n) is 8.41. The monoisotopic (exact) mass is 381 g/mol. The highest BCUT2D eigenvalue weighted by Gasteiger charge is 2.13. The Morgan fingerprint density at radius 2 is 1.86 bits per heavy atom. The van der Waals surface area contributed by atoms with E-state index in [4.69, 9.17) is 14.7 Å². The predicted molar refractivity (Wildman–Crippen MR) is 102 cm³/mol. The van der Waals surface area contributed by atoms with E-state index in [1.54, 1.807) is 42.5 Å². The fourth-order valence-corrected chi connectivity index (χ4v) is 2.65. The van der Waals surface area contributed by atoms with Crippen molar-refractivity contribution in [2.75, 3.05) is 23.8 Å². The summed E-state index contributed by atoms with van der Waals surface area (Å²) >= 11 is 0. The lowest BCUT2D eigenvalue weighted by atomic mass is 9.88. The lowest BCUT2D eigenvalue weighted by Gasteiger charge is -2.19. The number of rotatable bonds is 6. The molecule has 0 amide bonds. The Morgan fingerprint density at radius 1 is 1.04 bits per heavy atom. The minimum Gasteiger partial charge on any atom is -0.486 e. The fraction of sp³-hybridized carbons (Fsp3) is 0.111. The fourth-order valence-electron chi connectivity index (χ4n) is 2.65. The molecule has 2 heterocycles. The van der Waals surface area contributed by atoms with Crippen molar-refractivity contribution in [2.24, 2.45) is 0 Å². The molecule has 1 aromatic heterocycles. The number of ether oxygens (including phenoxy) is 2. The molecular formula is C18H15BFN4O4. The van der Waals surface area contributed by atoms with Crippen LogP contribution in [0.15, 0.2) is 48.7 Å². The number of halogens is 1. The minimum absolute atomic E-state index is 0.00268. The highest BCUT2D eigenvalue weighted by Crippen LogP contribution is 2.33. The van der Waals surface area contributed by atoms with Gasteiger partial charge in [-0.15, -0.1) is 0 Å². The lowest BCUT2D eigenvalue weighted by Crippen LogP contribution is -2.16. The summed E-state index contributed by atoms with van der Waals surface area (Å²) in [4.78, 5) is 12.1. The molecule has 1 radical (unpaired) electrons. The van der Waals surface area contributed by atoms with Crippen LogP contribution in [0.3, 0.4) is 0 Å². The molecule has 0 saturated heterocycles. The van der Waals surface area contributed by atoms with E-state index >= 15 is 0 Å². The molecule has 0 fully saturated rings.